The van der Waals surface area contributed by atoms with Crippen molar-refractivity contribution in [1.29, 1.82) is 0 Å². The first kappa shape index (κ1) is 14.1. The molecule has 1 heterocycles. The third-order valence-electron chi connectivity index (χ3n) is 2.46. The average molecular weight is 291 g/mol. The number of nitro groups is 2. The molecule has 0 unspecified atom stereocenters. The lowest BCUT2D eigenvalue weighted by Gasteiger charge is -2.07. The highest BCUT2D eigenvalue weighted by atomic mass is 16.6. The molecule has 1 aromatic heterocycles. The van der Waals surface area contributed by atoms with Gasteiger partial charge in [0.15, 0.2) is 0 Å². The van der Waals surface area contributed by atoms with Gasteiger partial charge in [0.2, 0.25) is 11.6 Å². The van der Waals surface area contributed by atoms with Crippen LogP contribution < -0.4 is 16.6 Å². The summed E-state index contributed by atoms with van der Waals surface area (Å²) in [5.41, 5.74) is 1.74. The first-order valence-electron chi connectivity index (χ1n) is 5.50. The van der Waals surface area contributed by atoms with E-state index < -0.39 is 15.5 Å². The van der Waals surface area contributed by atoms with E-state index in [2.05, 4.69) is 20.7 Å². The molecule has 0 aliphatic carbocycles. The van der Waals surface area contributed by atoms with E-state index in [0.717, 1.165) is 6.33 Å². The number of rotatable bonds is 5. The lowest BCUT2D eigenvalue weighted by molar-refractivity contribution is -0.384. The number of hydrogen-bond donors (Lipinski definition) is 3. The molecule has 0 bridgehead atoms. The van der Waals surface area contributed by atoms with Crippen LogP contribution in [-0.4, -0.2) is 19.8 Å². The topological polar surface area (TPSA) is 162 Å². The maximum absolute atomic E-state index is 11.0. The monoisotopic (exact) mass is 291 g/mol. The quantitative estimate of drug-likeness (QED) is 0.418. The Hall–Kier alpha value is -3.34. The zero-order valence-electron chi connectivity index (χ0n) is 10.4. The summed E-state index contributed by atoms with van der Waals surface area (Å²) in [7, 11) is 0. The Labute approximate surface area is 117 Å². The third kappa shape index (κ3) is 2.98. The molecule has 4 N–H and O–H groups in total. The fraction of sp³-hybridized carbons (Fsp3) is 0. The number of aromatic nitrogens is 2. The van der Waals surface area contributed by atoms with Crippen molar-refractivity contribution in [2.75, 3.05) is 10.7 Å². The van der Waals surface area contributed by atoms with Crippen molar-refractivity contribution in [3.05, 3.63) is 50.8 Å². The van der Waals surface area contributed by atoms with Crippen molar-refractivity contribution in [3.8, 4) is 0 Å². The van der Waals surface area contributed by atoms with Crippen LogP contribution >= 0.6 is 0 Å². The molecule has 0 spiro atoms. The summed E-state index contributed by atoms with van der Waals surface area (Å²) in [6, 6.07) is 5.47. The van der Waals surface area contributed by atoms with Gasteiger partial charge >= 0.3 is 5.69 Å². The predicted molar refractivity (Wildman–Crippen MR) is 72.9 cm³/mol. The largest absolute Gasteiger partial charge is 0.354 e. The molecule has 0 atom stereocenters. The van der Waals surface area contributed by atoms with Crippen LogP contribution in [0, 0.1) is 20.2 Å². The van der Waals surface area contributed by atoms with Gasteiger partial charge in [-0.3, -0.25) is 20.2 Å². The second-order valence-electron chi connectivity index (χ2n) is 3.75. The minimum absolute atomic E-state index is 0.136. The van der Waals surface area contributed by atoms with Crippen molar-refractivity contribution in [2.24, 2.45) is 5.84 Å². The molecule has 11 heteroatoms. The Kier molecular flexibility index (Phi) is 3.85. The Balaban J connectivity index is 2.42. The van der Waals surface area contributed by atoms with Gasteiger partial charge in [0, 0.05) is 17.8 Å². The second-order valence-corrected chi connectivity index (χ2v) is 3.75. The van der Waals surface area contributed by atoms with Gasteiger partial charge in [0.25, 0.3) is 5.69 Å². The van der Waals surface area contributed by atoms with E-state index in [0.29, 0.717) is 0 Å². The zero-order valence-corrected chi connectivity index (χ0v) is 10.4. The molecule has 0 aliphatic heterocycles. The molecule has 0 saturated carbocycles. The van der Waals surface area contributed by atoms with Gasteiger partial charge in [0.05, 0.1) is 9.85 Å². The van der Waals surface area contributed by atoms with E-state index in [4.69, 9.17) is 5.84 Å². The van der Waals surface area contributed by atoms with E-state index in [-0.39, 0.29) is 23.0 Å². The first-order valence-corrected chi connectivity index (χ1v) is 5.50. The van der Waals surface area contributed by atoms with Crippen molar-refractivity contribution in [1.82, 2.24) is 9.97 Å². The Morgan fingerprint density at radius 2 is 1.81 bits per heavy atom. The minimum atomic E-state index is -0.713. The first-order chi connectivity index (χ1) is 10.0. The van der Waals surface area contributed by atoms with E-state index in [9.17, 15) is 20.2 Å². The number of hydrogen-bond acceptors (Lipinski definition) is 9. The molecule has 1 aromatic carbocycles. The lowest BCUT2D eigenvalue weighted by Crippen LogP contribution is -2.12. The van der Waals surface area contributed by atoms with Gasteiger partial charge in [-0.15, -0.1) is 0 Å². The molecule has 11 nitrogen and oxygen atoms in total. The molecule has 0 radical (unpaired) electrons. The van der Waals surface area contributed by atoms with Crippen LogP contribution in [0.15, 0.2) is 30.6 Å². The number of anilines is 3. The Morgan fingerprint density at radius 1 is 1.10 bits per heavy atom. The van der Waals surface area contributed by atoms with Gasteiger partial charge < -0.3 is 10.7 Å². The fourth-order valence-electron chi connectivity index (χ4n) is 1.58. The number of nitrogen functional groups attached to an aromatic ring is 1. The lowest BCUT2D eigenvalue weighted by atomic mass is 10.3. The maximum Gasteiger partial charge on any atom is 0.354 e. The van der Waals surface area contributed by atoms with E-state index >= 15 is 0 Å². The van der Waals surface area contributed by atoms with E-state index in [1.54, 1.807) is 0 Å². The van der Waals surface area contributed by atoms with Crippen LogP contribution in [0.2, 0.25) is 0 Å². The van der Waals surface area contributed by atoms with E-state index in [1.165, 1.54) is 24.3 Å². The predicted octanol–water partition coefficient (Wildman–Crippen LogP) is 1.32. The number of nitro benzene ring substituents is 1. The molecule has 0 amide bonds. The summed E-state index contributed by atoms with van der Waals surface area (Å²) in [6.45, 7) is 0. The number of non-ortho nitro benzene ring substituents is 1. The van der Waals surface area contributed by atoms with Crippen LogP contribution in [0.5, 0.6) is 0 Å². The zero-order chi connectivity index (χ0) is 15.4. The maximum atomic E-state index is 11.0. The molecule has 2 aromatic rings. The minimum Gasteiger partial charge on any atom is -0.334 e. The van der Waals surface area contributed by atoms with Crippen LogP contribution in [0.25, 0.3) is 0 Å². The van der Waals surface area contributed by atoms with Crippen molar-refractivity contribution >= 4 is 28.7 Å². The van der Waals surface area contributed by atoms with Crippen LogP contribution in [0.1, 0.15) is 0 Å². The number of nitrogens with two attached hydrogens (primary N) is 1. The van der Waals surface area contributed by atoms with E-state index in [1.807, 2.05) is 0 Å². The number of nitrogens with zero attached hydrogens (tertiary/aromatic N) is 4. The highest BCUT2D eigenvalue weighted by Crippen LogP contribution is 2.31. The van der Waals surface area contributed by atoms with Gasteiger partial charge in [-0.25, -0.2) is 15.8 Å². The molecule has 2 rings (SSSR count). The van der Waals surface area contributed by atoms with Gasteiger partial charge in [-0.2, -0.15) is 0 Å². The Bertz CT molecular complexity index is 706. The number of nitrogens with one attached hydrogen (secondary N) is 2. The summed E-state index contributed by atoms with van der Waals surface area (Å²) in [4.78, 5) is 27.8. The van der Waals surface area contributed by atoms with Crippen molar-refractivity contribution < 1.29 is 9.85 Å². The SMILES string of the molecule is NNc1ncnc(Nc2cccc([N+](=O)[O-])c2)c1[N+](=O)[O-]. The highest BCUT2D eigenvalue weighted by Gasteiger charge is 2.22. The number of hydrazine groups is 1. The normalized spacial score (nSPS) is 9.95. The standard InChI is InChI=1S/C10H9N7O4/c11-15-10-8(17(20)21)9(12-5-13-10)14-6-2-1-3-7(4-6)16(18)19/h1-5H,11H2,(H2,12,13,14,15). The molecular formula is C10H9N7O4. The molecule has 0 saturated heterocycles. The summed E-state index contributed by atoms with van der Waals surface area (Å²) >= 11 is 0. The molecule has 0 fully saturated rings. The van der Waals surface area contributed by atoms with Crippen molar-refractivity contribution in [2.45, 2.75) is 0 Å². The summed E-state index contributed by atoms with van der Waals surface area (Å²) in [6.07, 6.45) is 1.07. The molecule has 0 aliphatic rings. The highest BCUT2D eigenvalue weighted by molar-refractivity contribution is 5.73. The fourth-order valence-corrected chi connectivity index (χ4v) is 1.58. The van der Waals surface area contributed by atoms with Crippen LogP contribution in [0.3, 0.4) is 0 Å². The summed E-state index contributed by atoms with van der Waals surface area (Å²) in [5.74, 6) is 4.84. The molecule has 108 valence electrons. The second kappa shape index (κ2) is 5.75. The summed E-state index contributed by atoms with van der Waals surface area (Å²) < 4.78 is 0. The smallest absolute Gasteiger partial charge is 0.334 e. The Morgan fingerprint density at radius 3 is 2.43 bits per heavy atom. The average Bonchev–Trinajstić information content (AvgIpc) is 2.46. The van der Waals surface area contributed by atoms with Crippen LogP contribution in [-0.2, 0) is 0 Å². The van der Waals surface area contributed by atoms with Gasteiger partial charge in [-0.05, 0) is 6.07 Å². The molecular weight excluding hydrogens is 282 g/mol. The summed E-state index contributed by atoms with van der Waals surface area (Å²) in [5, 5.41) is 24.4. The number of benzene rings is 1. The molecule has 21 heavy (non-hydrogen) atoms. The van der Waals surface area contributed by atoms with Crippen molar-refractivity contribution in [3.63, 3.8) is 0 Å². The third-order valence-corrected chi connectivity index (χ3v) is 2.46. The van der Waals surface area contributed by atoms with Gasteiger partial charge in [-0.1, -0.05) is 6.07 Å². The van der Waals surface area contributed by atoms with Crippen LogP contribution in [0.4, 0.5) is 28.7 Å². The van der Waals surface area contributed by atoms with Gasteiger partial charge in [0.1, 0.15) is 6.33 Å².